The van der Waals surface area contributed by atoms with Gasteiger partial charge < -0.3 is 9.15 Å². The summed E-state index contributed by atoms with van der Waals surface area (Å²) >= 11 is 1.47. The summed E-state index contributed by atoms with van der Waals surface area (Å²) in [5.74, 6) is 1.12. The molecular weight excluding hydrogens is 452 g/mol. The number of para-hydroxylation sites is 1. The third-order valence-electron chi connectivity index (χ3n) is 5.68. The second kappa shape index (κ2) is 8.72. The van der Waals surface area contributed by atoms with Gasteiger partial charge in [-0.25, -0.2) is 4.98 Å². The maximum Gasteiger partial charge on any atom is 0.269 e. The van der Waals surface area contributed by atoms with Gasteiger partial charge in [0, 0.05) is 18.2 Å². The van der Waals surface area contributed by atoms with E-state index in [1.165, 1.54) is 23.5 Å². The monoisotopic (exact) mass is 472 g/mol. The largest absolute Gasteiger partial charge is 0.488 e. The minimum absolute atomic E-state index is 0.0323. The second-order valence-electron chi connectivity index (χ2n) is 7.87. The molecule has 0 bridgehead atoms. The van der Waals surface area contributed by atoms with Crippen molar-refractivity contribution in [1.82, 2.24) is 4.98 Å². The molecular formula is C26H20N2O5S. The van der Waals surface area contributed by atoms with Crippen LogP contribution in [0.1, 0.15) is 23.8 Å². The minimum atomic E-state index is -0.434. The molecule has 170 valence electrons. The Morgan fingerprint density at radius 1 is 1.12 bits per heavy atom. The molecule has 0 fully saturated rings. The lowest BCUT2D eigenvalue weighted by Crippen LogP contribution is -2.08. The highest BCUT2D eigenvalue weighted by Crippen LogP contribution is 2.33. The Hall–Kier alpha value is -4.04. The number of benzene rings is 3. The van der Waals surface area contributed by atoms with Crippen LogP contribution in [0.25, 0.3) is 31.8 Å². The Bertz CT molecular complexity index is 1570. The third kappa shape index (κ3) is 3.92. The summed E-state index contributed by atoms with van der Waals surface area (Å²) in [6.07, 6.45) is 0.662. The molecule has 0 spiro atoms. The molecule has 0 aliphatic rings. The number of hydrogen-bond donors (Lipinski definition) is 0. The summed E-state index contributed by atoms with van der Waals surface area (Å²) in [6, 6.07) is 17.6. The second-order valence-corrected chi connectivity index (χ2v) is 8.90. The first-order valence-electron chi connectivity index (χ1n) is 10.8. The van der Waals surface area contributed by atoms with Gasteiger partial charge in [-0.3, -0.25) is 14.9 Å². The van der Waals surface area contributed by atoms with E-state index in [9.17, 15) is 14.9 Å². The number of fused-ring (bicyclic) bond motifs is 2. The molecule has 0 radical (unpaired) electrons. The van der Waals surface area contributed by atoms with Crippen molar-refractivity contribution < 1.29 is 14.1 Å². The molecule has 3 aromatic carbocycles. The van der Waals surface area contributed by atoms with E-state index in [0.29, 0.717) is 39.5 Å². The number of aromatic nitrogens is 1. The van der Waals surface area contributed by atoms with Crippen molar-refractivity contribution in [3.05, 3.63) is 97.9 Å². The van der Waals surface area contributed by atoms with Gasteiger partial charge >= 0.3 is 0 Å². The molecule has 0 N–H and O–H groups in total. The minimum Gasteiger partial charge on any atom is -0.488 e. The highest BCUT2D eigenvalue weighted by molar-refractivity contribution is 7.21. The van der Waals surface area contributed by atoms with Crippen molar-refractivity contribution in [3.63, 3.8) is 0 Å². The van der Waals surface area contributed by atoms with E-state index in [2.05, 4.69) is 4.98 Å². The van der Waals surface area contributed by atoms with Crippen LogP contribution < -0.4 is 10.2 Å². The van der Waals surface area contributed by atoms with Crippen LogP contribution in [0.3, 0.4) is 0 Å². The van der Waals surface area contributed by atoms with Crippen molar-refractivity contribution in [3.8, 4) is 16.3 Å². The Kier molecular flexibility index (Phi) is 5.59. The molecule has 2 aromatic heterocycles. The Morgan fingerprint density at radius 2 is 1.88 bits per heavy atom. The van der Waals surface area contributed by atoms with E-state index in [-0.39, 0.29) is 17.7 Å². The number of nitrogens with zero attached hydrogens (tertiary/aromatic N) is 2. The summed E-state index contributed by atoms with van der Waals surface area (Å²) in [5, 5.41) is 12.0. The van der Waals surface area contributed by atoms with E-state index in [1.54, 1.807) is 25.1 Å². The van der Waals surface area contributed by atoms with Crippen molar-refractivity contribution in [2.75, 3.05) is 0 Å². The summed E-state index contributed by atoms with van der Waals surface area (Å²) < 4.78 is 13.1. The van der Waals surface area contributed by atoms with Crippen LogP contribution in [0.15, 0.2) is 69.9 Å². The first-order chi connectivity index (χ1) is 16.4. The van der Waals surface area contributed by atoms with Gasteiger partial charge in [0.05, 0.1) is 26.1 Å². The van der Waals surface area contributed by atoms with E-state index in [0.717, 1.165) is 21.3 Å². The van der Waals surface area contributed by atoms with E-state index < -0.39 is 4.92 Å². The number of rotatable bonds is 6. The first kappa shape index (κ1) is 21.8. The van der Waals surface area contributed by atoms with Crippen LogP contribution in [0, 0.1) is 17.0 Å². The Morgan fingerprint density at radius 3 is 2.59 bits per heavy atom. The number of nitro benzene ring substituents is 1. The SMILES string of the molecule is CCc1cc2c(=O)c(-c3nc4ccccc4s3)c(C)oc2cc1OCc1ccc([N+](=O)[O-])cc1. The van der Waals surface area contributed by atoms with E-state index in [4.69, 9.17) is 9.15 Å². The molecule has 0 saturated heterocycles. The lowest BCUT2D eigenvalue weighted by Gasteiger charge is -2.13. The molecule has 0 saturated carbocycles. The number of non-ortho nitro benzene ring substituents is 1. The zero-order valence-electron chi connectivity index (χ0n) is 18.5. The number of nitro groups is 1. The molecule has 0 atom stereocenters. The number of thiazole rings is 1. The molecule has 0 amide bonds. The van der Waals surface area contributed by atoms with Crippen molar-refractivity contribution in [2.24, 2.45) is 0 Å². The van der Waals surface area contributed by atoms with Gasteiger partial charge in [0.15, 0.2) is 0 Å². The molecule has 0 aliphatic carbocycles. The smallest absolute Gasteiger partial charge is 0.269 e. The molecule has 5 rings (SSSR count). The quantitative estimate of drug-likeness (QED) is 0.209. The lowest BCUT2D eigenvalue weighted by atomic mass is 10.1. The van der Waals surface area contributed by atoms with Crippen LogP contribution in [0.4, 0.5) is 5.69 Å². The molecule has 5 aromatic rings. The Balaban J connectivity index is 1.52. The normalized spacial score (nSPS) is 11.2. The maximum atomic E-state index is 13.5. The molecule has 2 heterocycles. The standard InChI is InChI=1S/C26H20N2O5S/c1-3-17-12-19-22(13-21(17)32-14-16-8-10-18(11-9-16)28(30)31)33-15(2)24(25(19)29)26-27-20-6-4-5-7-23(20)34-26/h4-13H,3,14H2,1-2H3. The topological polar surface area (TPSA) is 95.5 Å². The molecule has 0 unspecified atom stereocenters. The molecule has 34 heavy (non-hydrogen) atoms. The molecule has 7 nitrogen and oxygen atoms in total. The summed E-state index contributed by atoms with van der Waals surface area (Å²) in [7, 11) is 0. The average Bonchev–Trinajstić information content (AvgIpc) is 3.26. The summed E-state index contributed by atoms with van der Waals surface area (Å²) in [6.45, 7) is 4.00. The fraction of sp³-hybridized carbons (Fsp3) is 0.154. The van der Waals surface area contributed by atoms with Gasteiger partial charge in [-0.1, -0.05) is 19.1 Å². The average molecular weight is 473 g/mol. The van der Waals surface area contributed by atoms with E-state index in [1.807, 2.05) is 37.3 Å². The molecule has 8 heteroatoms. The zero-order chi connectivity index (χ0) is 23.8. The number of aryl methyl sites for hydroxylation is 2. The fourth-order valence-corrected chi connectivity index (χ4v) is 4.95. The van der Waals surface area contributed by atoms with Crippen LogP contribution in [-0.4, -0.2) is 9.91 Å². The third-order valence-corrected chi connectivity index (χ3v) is 6.73. The zero-order valence-corrected chi connectivity index (χ0v) is 19.3. The van der Waals surface area contributed by atoms with Crippen molar-refractivity contribution >= 4 is 38.2 Å². The number of hydrogen-bond acceptors (Lipinski definition) is 7. The van der Waals surface area contributed by atoms with Gasteiger partial charge in [-0.05, 0) is 54.8 Å². The summed E-state index contributed by atoms with van der Waals surface area (Å²) in [5.41, 5.74) is 3.38. The van der Waals surface area contributed by atoms with Gasteiger partial charge in [-0.2, -0.15) is 0 Å². The van der Waals surface area contributed by atoms with Gasteiger partial charge in [0.2, 0.25) is 5.43 Å². The van der Waals surface area contributed by atoms with Gasteiger partial charge in [0.25, 0.3) is 5.69 Å². The Labute approximate surface area is 198 Å². The first-order valence-corrected chi connectivity index (χ1v) is 11.6. The fourth-order valence-electron chi connectivity index (χ4n) is 3.89. The highest BCUT2D eigenvalue weighted by atomic mass is 32.1. The lowest BCUT2D eigenvalue weighted by molar-refractivity contribution is -0.384. The van der Waals surface area contributed by atoms with Crippen LogP contribution in [0.2, 0.25) is 0 Å². The van der Waals surface area contributed by atoms with Crippen molar-refractivity contribution in [2.45, 2.75) is 26.9 Å². The highest BCUT2D eigenvalue weighted by Gasteiger charge is 2.19. The van der Waals surface area contributed by atoms with Crippen LogP contribution >= 0.6 is 11.3 Å². The van der Waals surface area contributed by atoms with Crippen molar-refractivity contribution in [1.29, 1.82) is 0 Å². The molecule has 0 aliphatic heterocycles. The van der Waals surface area contributed by atoms with E-state index >= 15 is 0 Å². The van der Waals surface area contributed by atoms with Gasteiger partial charge in [0.1, 0.15) is 28.7 Å². The predicted molar refractivity (Wildman–Crippen MR) is 133 cm³/mol. The summed E-state index contributed by atoms with van der Waals surface area (Å²) in [4.78, 5) is 28.5. The predicted octanol–water partition coefficient (Wildman–Crippen LogP) is 6.43. The van der Waals surface area contributed by atoms with Gasteiger partial charge in [-0.15, -0.1) is 11.3 Å². The maximum absolute atomic E-state index is 13.5. The van der Waals surface area contributed by atoms with Crippen LogP contribution in [-0.2, 0) is 13.0 Å². The number of ether oxygens (including phenoxy) is 1. The van der Waals surface area contributed by atoms with Crippen LogP contribution in [0.5, 0.6) is 5.75 Å².